The van der Waals surface area contributed by atoms with E-state index in [0.29, 0.717) is 17.9 Å². The van der Waals surface area contributed by atoms with Gasteiger partial charge in [0.15, 0.2) is 0 Å². The highest BCUT2D eigenvalue weighted by molar-refractivity contribution is 5.21. The highest BCUT2D eigenvalue weighted by Crippen LogP contribution is 2.13. The molecule has 20 heavy (non-hydrogen) atoms. The van der Waals surface area contributed by atoms with Crippen molar-refractivity contribution in [2.45, 2.75) is 40.3 Å². The Bertz CT molecular complexity index is 671. The van der Waals surface area contributed by atoms with Gasteiger partial charge in [0, 0.05) is 36.6 Å². The second-order valence-electron chi connectivity index (χ2n) is 5.13. The van der Waals surface area contributed by atoms with Gasteiger partial charge in [-0.15, -0.1) is 0 Å². The summed E-state index contributed by atoms with van der Waals surface area (Å²) in [7, 11) is 1.92. The molecule has 6 nitrogen and oxygen atoms in total. The zero-order valence-electron chi connectivity index (χ0n) is 12.6. The standard InChI is InChI=1S/C14H21N5O/c1-8(13-9(2)17-11(4)18-14(13)20)15-6-12-7-16-19(5)10(12)3/h7-8,15H,6H2,1-5H3,(H,17,18,20). The first-order valence-corrected chi connectivity index (χ1v) is 6.68. The van der Waals surface area contributed by atoms with Crippen LogP contribution in [0.15, 0.2) is 11.0 Å². The number of aromatic amines is 1. The van der Waals surface area contributed by atoms with Crippen molar-refractivity contribution in [3.8, 4) is 0 Å². The van der Waals surface area contributed by atoms with Crippen molar-refractivity contribution in [1.29, 1.82) is 0 Å². The molecule has 1 unspecified atom stereocenters. The van der Waals surface area contributed by atoms with E-state index in [4.69, 9.17) is 0 Å². The molecule has 2 rings (SSSR count). The third-order valence-electron chi connectivity index (χ3n) is 3.63. The van der Waals surface area contributed by atoms with E-state index in [-0.39, 0.29) is 11.6 Å². The number of aryl methyl sites for hydroxylation is 3. The fourth-order valence-electron chi connectivity index (χ4n) is 2.33. The van der Waals surface area contributed by atoms with Gasteiger partial charge in [-0.25, -0.2) is 4.98 Å². The van der Waals surface area contributed by atoms with Crippen molar-refractivity contribution in [3.05, 3.63) is 44.9 Å². The molecule has 2 N–H and O–H groups in total. The van der Waals surface area contributed by atoms with Crippen LogP contribution in [0.5, 0.6) is 0 Å². The second kappa shape index (κ2) is 5.58. The number of H-pyrrole nitrogens is 1. The average molecular weight is 275 g/mol. The number of nitrogens with one attached hydrogen (secondary N) is 2. The van der Waals surface area contributed by atoms with E-state index < -0.39 is 0 Å². The van der Waals surface area contributed by atoms with Crippen LogP contribution < -0.4 is 10.9 Å². The fraction of sp³-hybridized carbons (Fsp3) is 0.500. The van der Waals surface area contributed by atoms with E-state index in [0.717, 1.165) is 17.0 Å². The maximum Gasteiger partial charge on any atom is 0.255 e. The minimum atomic E-state index is -0.0714. The topological polar surface area (TPSA) is 75.6 Å². The lowest BCUT2D eigenvalue weighted by molar-refractivity contribution is 0.560. The van der Waals surface area contributed by atoms with Crippen LogP contribution in [0.25, 0.3) is 0 Å². The summed E-state index contributed by atoms with van der Waals surface area (Å²) in [5.41, 5.74) is 3.65. The van der Waals surface area contributed by atoms with Crippen molar-refractivity contribution in [1.82, 2.24) is 25.1 Å². The third-order valence-corrected chi connectivity index (χ3v) is 3.63. The van der Waals surface area contributed by atoms with E-state index in [1.54, 1.807) is 6.92 Å². The fourth-order valence-corrected chi connectivity index (χ4v) is 2.33. The quantitative estimate of drug-likeness (QED) is 0.881. The van der Waals surface area contributed by atoms with Crippen LogP contribution in [-0.4, -0.2) is 19.7 Å². The maximum atomic E-state index is 12.0. The minimum Gasteiger partial charge on any atom is -0.310 e. The largest absolute Gasteiger partial charge is 0.310 e. The van der Waals surface area contributed by atoms with Gasteiger partial charge in [0.1, 0.15) is 5.82 Å². The Morgan fingerprint density at radius 2 is 2.10 bits per heavy atom. The van der Waals surface area contributed by atoms with E-state index in [9.17, 15) is 4.79 Å². The molecule has 0 amide bonds. The molecule has 2 heterocycles. The van der Waals surface area contributed by atoms with E-state index in [1.807, 2.05) is 38.7 Å². The molecule has 1 atom stereocenters. The van der Waals surface area contributed by atoms with E-state index in [2.05, 4.69) is 20.4 Å². The molecule has 6 heteroatoms. The normalized spacial score (nSPS) is 12.7. The Balaban J connectivity index is 2.15. The summed E-state index contributed by atoms with van der Waals surface area (Å²) in [5.74, 6) is 0.645. The summed E-state index contributed by atoms with van der Waals surface area (Å²) in [5, 5.41) is 7.57. The van der Waals surface area contributed by atoms with Gasteiger partial charge >= 0.3 is 0 Å². The highest BCUT2D eigenvalue weighted by Gasteiger charge is 2.15. The molecule has 2 aromatic heterocycles. The van der Waals surface area contributed by atoms with Crippen molar-refractivity contribution >= 4 is 0 Å². The molecular formula is C14H21N5O. The molecule has 0 spiro atoms. The molecular weight excluding hydrogens is 254 g/mol. The predicted molar refractivity (Wildman–Crippen MR) is 77.5 cm³/mol. The average Bonchev–Trinajstić information content (AvgIpc) is 2.66. The number of nitrogens with zero attached hydrogens (tertiary/aromatic N) is 3. The van der Waals surface area contributed by atoms with Crippen LogP contribution in [0.4, 0.5) is 0 Å². The van der Waals surface area contributed by atoms with Gasteiger partial charge < -0.3 is 10.3 Å². The number of rotatable bonds is 4. The van der Waals surface area contributed by atoms with Gasteiger partial charge in [0.05, 0.1) is 11.8 Å². The molecule has 0 fully saturated rings. The Hall–Kier alpha value is -1.95. The molecule has 0 aliphatic carbocycles. The lowest BCUT2D eigenvalue weighted by Gasteiger charge is -2.15. The Labute approximate surface area is 118 Å². The van der Waals surface area contributed by atoms with Crippen LogP contribution in [0, 0.1) is 20.8 Å². The van der Waals surface area contributed by atoms with Crippen LogP contribution in [0.2, 0.25) is 0 Å². The number of hydrogen-bond donors (Lipinski definition) is 2. The van der Waals surface area contributed by atoms with Crippen molar-refractivity contribution in [2.75, 3.05) is 0 Å². The van der Waals surface area contributed by atoms with Crippen molar-refractivity contribution < 1.29 is 0 Å². The first kappa shape index (κ1) is 14.5. The molecule has 108 valence electrons. The SMILES string of the molecule is Cc1nc(C)c(C(C)NCc2cnn(C)c2C)c(=O)[nH]1. The number of hydrogen-bond acceptors (Lipinski definition) is 4. The van der Waals surface area contributed by atoms with E-state index in [1.165, 1.54) is 0 Å². The zero-order valence-corrected chi connectivity index (χ0v) is 12.6. The third kappa shape index (κ3) is 2.80. The lowest BCUT2D eigenvalue weighted by Crippen LogP contribution is -2.27. The van der Waals surface area contributed by atoms with Gasteiger partial charge in [0.2, 0.25) is 0 Å². The van der Waals surface area contributed by atoms with Gasteiger partial charge in [-0.2, -0.15) is 5.10 Å². The molecule has 0 bridgehead atoms. The molecule has 0 aliphatic heterocycles. The Morgan fingerprint density at radius 1 is 1.40 bits per heavy atom. The van der Waals surface area contributed by atoms with Crippen molar-refractivity contribution in [2.24, 2.45) is 7.05 Å². The zero-order chi connectivity index (χ0) is 14.9. The molecule has 0 saturated carbocycles. The van der Waals surface area contributed by atoms with Crippen LogP contribution in [0.3, 0.4) is 0 Å². The molecule has 0 radical (unpaired) electrons. The summed E-state index contributed by atoms with van der Waals surface area (Å²) >= 11 is 0. The summed E-state index contributed by atoms with van der Waals surface area (Å²) in [4.78, 5) is 19.1. The molecule has 0 saturated heterocycles. The number of aromatic nitrogens is 4. The first-order chi connectivity index (χ1) is 9.40. The summed E-state index contributed by atoms with van der Waals surface area (Å²) in [6.07, 6.45) is 1.85. The maximum absolute atomic E-state index is 12.0. The van der Waals surface area contributed by atoms with E-state index >= 15 is 0 Å². The van der Waals surface area contributed by atoms with Gasteiger partial charge in [-0.1, -0.05) is 0 Å². The predicted octanol–water partition coefficient (Wildman–Crippen LogP) is 1.28. The summed E-state index contributed by atoms with van der Waals surface area (Å²) in [6, 6.07) is -0.0635. The Morgan fingerprint density at radius 3 is 2.65 bits per heavy atom. The second-order valence-corrected chi connectivity index (χ2v) is 5.13. The van der Waals surface area contributed by atoms with Gasteiger partial charge in [0.25, 0.3) is 5.56 Å². The Kier molecular flexibility index (Phi) is 4.04. The monoisotopic (exact) mass is 275 g/mol. The summed E-state index contributed by atoms with van der Waals surface area (Å²) < 4.78 is 1.84. The van der Waals surface area contributed by atoms with Crippen LogP contribution in [0.1, 0.15) is 41.3 Å². The van der Waals surface area contributed by atoms with Gasteiger partial charge in [-0.05, 0) is 27.7 Å². The van der Waals surface area contributed by atoms with Crippen LogP contribution >= 0.6 is 0 Å². The first-order valence-electron chi connectivity index (χ1n) is 6.68. The summed E-state index contributed by atoms with van der Waals surface area (Å²) in [6.45, 7) is 8.33. The van der Waals surface area contributed by atoms with Crippen molar-refractivity contribution in [3.63, 3.8) is 0 Å². The lowest BCUT2D eigenvalue weighted by atomic mass is 10.1. The molecule has 0 aliphatic rings. The molecule has 2 aromatic rings. The van der Waals surface area contributed by atoms with Crippen LogP contribution in [-0.2, 0) is 13.6 Å². The smallest absolute Gasteiger partial charge is 0.255 e. The minimum absolute atomic E-state index is 0.0635. The highest BCUT2D eigenvalue weighted by atomic mass is 16.1. The van der Waals surface area contributed by atoms with Gasteiger partial charge in [-0.3, -0.25) is 9.48 Å². The molecule has 0 aromatic carbocycles.